The molecule has 4 nitrogen and oxygen atoms in total. The molecule has 1 aliphatic carbocycles. The Labute approximate surface area is 120 Å². The first kappa shape index (κ1) is 14.7. The summed E-state index contributed by atoms with van der Waals surface area (Å²) in [6.45, 7) is 3.08. The van der Waals surface area contributed by atoms with Gasteiger partial charge in [0.2, 0.25) is 5.91 Å². The summed E-state index contributed by atoms with van der Waals surface area (Å²) in [4.78, 5) is 12.1. The zero-order valence-electron chi connectivity index (χ0n) is 12.3. The molecule has 2 rings (SSSR count). The molecule has 0 bridgehead atoms. The van der Waals surface area contributed by atoms with Gasteiger partial charge in [0.1, 0.15) is 18.1 Å². The summed E-state index contributed by atoms with van der Waals surface area (Å²) in [5, 5.41) is 2.97. The Morgan fingerprint density at radius 3 is 2.40 bits per heavy atom. The molecule has 0 radical (unpaired) electrons. The molecule has 1 aromatic rings. The fraction of sp³-hybridized carbons (Fsp3) is 0.562. The van der Waals surface area contributed by atoms with Crippen molar-refractivity contribution in [1.29, 1.82) is 0 Å². The highest BCUT2D eigenvalue weighted by molar-refractivity contribution is 5.82. The average molecular weight is 277 g/mol. The zero-order chi connectivity index (χ0) is 14.4. The van der Waals surface area contributed by atoms with E-state index in [1.165, 1.54) is 0 Å². The summed E-state index contributed by atoms with van der Waals surface area (Å²) in [7, 11) is 1.63. The molecule has 0 spiro atoms. The number of rotatable bonds is 6. The summed E-state index contributed by atoms with van der Waals surface area (Å²) in [6.07, 6.45) is 4.31. The molecular weight excluding hydrogens is 254 g/mol. The summed E-state index contributed by atoms with van der Waals surface area (Å²) >= 11 is 0. The van der Waals surface area contributed by atoms with Gasteiger partial charge in [-0.15, -0.1) is 0 Å². The van der Waals surface area contributed by atoms with E-state index in [4.69, 9.17) is 9.47 Å². The molecule has 1 amide bonds. The Hall–Kier alpha value is -1.71. The summed E-state index contributed by atoms with van der Waals surface area (Å²) in [6, 6.07) is 7.43. The molecule has 1 saturated carbocycles. The van der Waals surface area contributed by atoms with Crippen LogP contribution in [0.2, 0.25) is 0 Å². The molecule has 1 fully saturated rings. The van der Waals surface area contributed by atoms with Crippen LogP contribution in [0.5, 0.6) is 11.5 Å². The number of benzene rings is 1. The van der Waals surface area contributed by atoms with Gasteiger partial charge in [-0.1, -0.05) is 19.8 Å². The van der Waals surface area contributed by atoms with Crippen LogP contribution in [0.3, 0.4) is 0 Å². The molecule has 1 aromatic carbocycles. The lowest BCUT2D eigenvalue weighted by molar-refractivity contribution is -0.130. The number of carbonyl (C=O) groups excluding carboxylic acids is 1. The number of nitrogens with one attached hydrogen (secondary N) is 1. The van der Waals surface area contributed by atoms with Gasteiger partial charge in [0.05, 0.1) is 13.7 Å². The molecule has 4 heteroatoms. The van der Waals surface area contributed by atoms with Gasteiger partial charge in [-0.05, 0) is 37.1 Å². The largest absolute Gasteiger partial charge is 0.497 e. The highest BCUT2D eigenvalue weighted by Crippen LogP contribution is 2.37. The fourth-order valence-electron chi connectivity index (χ4n) is 2.60. The first-order valence-electron chi connectivity index (χ1n) is 7.19. The molecule has 20 heavy (non-hydrogen) atoms. The Morgan fingerprint density at radius 2 is 1.80 bits per heavy atom. The lowest BCUT2D eigenvalue weighted by Crippen LogP contribution is -2.39. The van der Waals surface area contributed by atoms with E-state index < -0.39 is 0 Å². The van der Waals surface area contributed by atoms with E-state index >= 15 is 0 Å². The van der Waals surface area contributed by atoms with E-state index in [-0.39, 0.29) is 11.3 Å². The van der Waals surface area contributed by atoms with Crippen molar-refractivity contribution in [2.45, 2.75) is 32.6 Å². The minimum Gasteiger partial charge on any atom is -0.497 e. The minimum atomic E-state index is -0.167. The molecule has 0 atom stereocenters. The van der Waals surface area contributed by atoms with E-state index in [0.29, 0.717) is 13.2 Å². The van der Waals surface area contributed by atoms with Crippen LogP contribution < -0.4 is 14.8 Å². The highest BCUT2D eigenvalue weighted by atomic mass is 16.5. The lowest BCUT2D eigenvalue weighted by Gasteiger charge is -2.22. The van der Waals surface area contributed by atoms with Crippen molar-refractivity contribution in [3.63, 3.8) is 0 Å². The second-order valence-electron chi connectivity index (χ2n) is 5.55. The maximum atomic E-state index is 12.1. The summed E-state index contributed by atoms with van der Waals surface area (Å²) < 4.78 is 10.7. The molecular formula is C16H23NO3. The van der Waals surface area contributed by atoms with E-state index in [1.54, 1.807) is 7.11 Å². The third kappa shape index (κ3) is 3.65. The zero-order valence-corrected chi connectivity index (χ0v) is 12.3. The Balaban J connectivity index is 1.69. The van der Waals surface area contributed by atoms with Gasteiger partial charge in [-0.2, -0.15) is 0 Å². The first-order chi connectivity index (χ1) is 9.64. The predicted octanol–water partition coefficient (Wildman–Crippen LogP) is 2.77. The predicted molar refractivity (Wildman–Crippen MR) is 78.1 cm³/mol. The van der Waals surface area contributed by atoms with Crippen LogP contribution in [-0.2, 0) is 4.79 Å². The smallest absolute Gasteiger partial charge is 0.226 e. The molecule has 0 unspecified atom stereocenters. The normalized spacial score (nSPS) is 16.7. The van der Waals surface area contributed by atoms with Crippen LogP contribution >= 0.6 is 0 Å². The standard InChI is InChI=1S/C16H23NO3/c1-16(9-3-4-10-16)15(18)17-11-12-20-14-7-5-13(19-2)6-8-14/h5-8H,3-4,9-12H2,1-2H3,(H,17,18). The summed E-state index contributed by atoms with van der Waals surface area (Å²) in [5.41, 5.74) is -0.167. The second kappa shape index (κ2) is 6.64. The van der Waals surface area contributed by atoms with Crippen LogP contribution in [0.4, 0.5) is 0 Å². The van der Waals surface area contributed by atoms with E-state index in [1.807, 2.05) is 24.3 Å². The number of ether oxygens (including phenoxy) is 2. The SMILES string of the molecule is COc1ccc(OCCNC(=O)C2(C)CCCC2)cc1. The topological polar surface area (TPSA) is 47.6 Å². The van der Waals surface area contributed by atoms with Crippen LogP contribution in [0.1, 0.15) is 32.6 Å². The number of methoxy groups -OCH3 is 1. The molecule has 0 saturated heterocycles. The monoisotopic (exact) mass is 277 g/mol. The second-order valence-corrected chi connectivity index (χ2v) is 5.55. The van der Waals surface area contributed by atoms with Gasteiger partial charge >= 0.3 is 0 Å². The molecule has 110 valence electrons. The van der Waals surface area contributed by atoms with Gasteiger partial charge < -0.3 is 14.8 Å². The van der Waals surface area contributed by atoms with Gasteiger partial charge in [-0.3, -0.25) is 4.79 Å². The molecule has 0 heterocycles. The van der Waals surface area contributed by atoms with Gasteiger partial charge in [0.25, 0.3) is 0 Å². The number of carbonyl (C=O) groups is 1. The quantitative estimate of drug-likeness (QED) is 0.813. The van der Waals surface area contributed by atoms with Crippen LogP contribution in [0.15, 0.2) is 24.3 Å². The van der Waals surface area contributed by atoms with E-state index in [9.17, 15) is 4.79 Å². The van der Waals surface area contributed by atoms with Crippen LogP contribution in [0, 0.1) is 5.41 Å². The highest BCUT2D eigenvalue weighted by Gasteiger charge is 2.35. The van der Waals surface area contributed by atoms with Gasteiger partial charge in [0, 0.05) is 5.41 Å². The van der Waals surface area contributed by atoms with Crippen LogP contribution in [-0.4, -0.2) is 26.2 Å². The number of hydrogen-bond donors (Lipinski definition) is 1. The third-order valence-corrected chi connectivity index (χ3v) is 3.97. The van der Waals surface area contributed by atoms with Gasteiger partial charge in [0.15, 0.2) is 0 Å². The number of amides is 1. The van der Waals surface area contributed by atoms with Crippen molar-refractivity contribution in [3.05, 3.63) is 24.3 Å². The van der Waals surface area contributed by atoms with Crippen molar-refractivity contribution in [1.82, 2.24) is 5.32 Å². The third-order valence-electron chi connectivity index (χ3n) is 3.97. The van der Waals surface area contributed by atoms with E-state index in [2.05, 4.69) is 12.2 Å². The summed E-state index contributed by atoms with van der Waals surface area (Å²) in [5.74, 6) is 1.75. The van der Waals surface area contributed by atoms with Crippen molar-refractivity contribution in [2.24, 2.45) is 5.41 Å². The molecule has 0 aromatic heterocycles. The molecule has 1 N–H and O–H groups in total. The van der Waals surface area contributed by atoms with Crippen molar-refractivity contribution in [3.8, 4) is 11.5 Å². The minimum absolute atomic E-state index is 0.160. The first-order valence-corrected chi connectivity index (χ1v) is 7.19. The van der Waals surface area contributed by atoms with Gasteiger partial charge in [-0.25, -0.2) is 0 Å². The van der Waals surface area contributed by atoms with Crippen molar-refractivity contribution in [2.75, 3.05) is 20.3 Å². The average Bonchev–Trinajstić information content (AvgIpc) is 2.92. The number of hydrogen-bond acceptors (Lipinski definition) is 3. The van der Waals surface area contributed by atoms with Crippen molar-refractivity contribution >= 4 is 5.91 Å². The van der Waals surface area contributed by atoms with Crippen LogP contribution in [0.25, 0.3) is 0 Å². The molecule has 0 aliphatic heterocycles. The van der Waals surface area contributed by atoms with E-state index in [0.717, 1.165) is 37.2 Å². The maximum Gasteiger partial charge on any atom is 0.226 e. The van der Waals surface area contributed by atoms with Crippen molar-refractivity contribution < 1.29 is 14.3 Å². The molecule has 1 aliphatic rings. The maximum absolute atomic E-state index is 12.1. The Bertz CT molecular complexity index is 436. The Morgan fingerprint density at radius 1 is 1.20 bits per heavy atom. The lowest BCUT2D eigenvalue weighted by atomic mass is 9.88. The fourth-order valence-corrected chi connectivity index (χ4v) is 2.60. The Kier molecular flexibility index (Phi) is 4.88.